The van der Waals surface area contributed by atoms with Crippen molar-refractivity contribution in [2.75, 3.05) is 26.2 Å². The Kier molecular flexibility index (Phi) is 2.83. The van der Waals surface area contributed by atoms with Crippen molar-refractivity contribution in [3.05, 3.63) is 0 Å². The predicted molar refractivity (Wildman–Crippen MR) is 53.6 cm³/mol. The van der Waals surface area contributed by atoms with Gasteiger partial charge in [0, 0.05) is 6.54 Å². The molecule has 2 unspecified atom stereocenters. The van der Waals surface area contributed by atoms with Gasteiger partial charge < -0.3 is 20.8 Å². The van der Waals surface area contributed by atoms with Gasteiger partial charge in [-0.15, -0.1) is 0 Å². The fraction of sp³-hybridized carbons (Fsp3) is 0.778. The summed E-state index contributed by atoms with van der Waals surface area (Å²) in [7, 11) is 0. The number of nitrogens with zero attached hydrogens (tertiary/aromatic N) is 1. The highest BCUT2D eigenvalue weighted by Gasteiger charge is 2.52. The lowest BCUT2D eigenvalue weighted by molar-refractivity contribution is -0.131. The number of aliphatic hydroxyl groups is 2. The van der Waals surface area contributed by atoms with Gasteiger partial charge in [0.25, 0.3) is 5.91 Å². The van der Waals surface area contributed by atoms with Crippen molar-refractivity contribution < 1.29 is 19.8 Å². The molecule has 7 heteroatoms. The van der Waals surface area contributed by atoms with Crippen LogP contribution in [0.3, 0.4) is 0 Å². The van der Waals surface area contributed by atoms with Gasteiger partial charge in [0.1, 0.15) is 5.54 Å². The first-order valence-corrected chi connectivity index (χ1v) is 5.23. The highest BCUT2D eigenvalue weighted by atomic mass is 16.3. The summed E-state index contributed by atoms with van der Waals surface area (Å²) < 4.78 is 0. The molecule has 0 aromatic carbocycles. The molecule has 90 valence electrons. The number of aliphatic hydroxyl groups excluding tert-OH is 2. The van der Waals surface area contributed by atoms with Gasteiger partial charge >= 0.3 is 6.03 Å². The third kappa shape index (κ3) is 1.66. The van der Waals surface area contributed by atoms with Crippen LogP contribution in [0.4, 0.5) is 4.79 Å². The van der Waals surface area contributed by atoms with E-state index in [1.54, 1.807) is 0 Å². The van der Waals surface area contributed by atoms with E-state index in [1.807, 2.05) is 0 Å². The number of hydrogen-bond acceptors (Lipinski definition) is 5. The standard InChI is InChI=1S/C9H15N3O4/c13-4-6(14)3-12-7(15)9(11-8(12)16)1-2-10-5-9/h6,10,13-14H,1-5H2,(H,11,16). The molecule has 3 amide bonds. The fourth-order valence-corrected chi connectivity index (χ4v) is 2.09. The van der Waals surface area contributed by atoms with Crippen molar-refractivity contribution in [2.24, 2.45) is 0 Å². The lowest BCUT2D eigenvalue weighted by Crippen LogP contribution is -2.49. The van der Waals surface area contributed by atoms with Crippen LogP contribution in [-0.2, 0) is 4.79 Å². The number of hydrogen-bond donors (Lipinski definition) is 4. The molecule has 2 fully saturated rings. The Bertz CT molecular complexity index is 314. The summed E-state index contributed by atoms with van der Waals surface area (Å²) in [5.41, 5.74) is -0.841. The zero-order valence-corrected chi connectivity index (χ0v) is 8.77. The maximum absolute atomic E-state index is 12.0. The Hall–Kier alpha value is -1.18. The molecule has 2 saturated heterocycles. The lowest BCUT2D eigenvalue weighted by Gasteiger charge is -2.20. The summed E-state index contributed by atoms with van der Waals surface area (Å²) in [6.45, 7) is 0.469. The van der Waals surface area contributed by atoms with Crippen LogP contribution in [0.25, 0.3) is 0 Å². The number of amides is 3. The summed E-state index contributed by atoms with van der Waals surface area (Å²) in [6, 6.07) is -0.499. The highest BCUT2D eigenvalue weighted by molar-refractivity contribution is 6.07. The molecule has 0 bridgehead atoms. The topological polar surface area (TPSA) is 102 Å². The second-order valence-electron chi connectivity index (χ2n) is 4.19. The van der Waals surface area contributed by atoms with Gasteiger partial charge in [-0.25, -0.2) is 4.79 Å². The summed E-state index contributed by atoms with van der Waals surface area (Å²) in [5.74, 6) is -0.324. The smallest absolute Gasteiger partial charge is 0.325 e. The molecule has 16 heavy (non-hydrogen) atoms. The average molecular weight is 229 g/mol. The quantitative estimate of drug-likeness (QED) is 0.405. The van der Waals surface area contributed by atoms with E-state index in [-0.39, 0.29) is 12.5 Å². The van der Waals surface area contributed by atoms with E-state index in [9.17, 15) is 14.7 Å². The van der Waals surface area contributed by atoms with Crippen LogP contribution in [-0.4, -0.2) is 64.9 Å². The van der Waals surface area contributed by atoms with E-state index in [4.69, 9.17) is 5.11 Å². The van der Waals surface area contributed by atoms with Crippen molar-refractivity contribution in [3.63, 3.8) is 0 Å². The van der Waals surface area contributed by atoms with Gasteiger partial charge in [-0.1, -0.05) is 0 Å². The second kappa shape index (κ2) is 4.00. The molecule has 0 aliphatic carbocycles. The molecule has 0 radical (unpaired) electrons. The molecule has 4 N–H and O–H groups in total. The van der Waals surface area contributed by atoms with Crippen LogP contribution in [0.5, 0.6) is 0 Å². The minimum atomic E-state index is -1.08. The first kappa shape index (κ1) is 11.3. The molecule has 0 aromatic heterocycles. The van der Waals surface area contributed by atoms with Crippen LogP contribution in [0.2, 0.25) is 0 Å². The number of imide groups is 1. The minimum Gasteiger partial charge on any atom is -0.394 e. The van der Waals surface area contributed by atoms with Gasteiger partial charge in [0.2, 0.25) is 0 Å². The van der Waals surface area contributed by atoms with Crippen molar-refractivity contribution in [1.29, 1.82) is 0 Å². The predicted octanol–water partition coefficient (Wildman–Crippen LogP) is -2.38. The van der Waals surface area contributed by atoms with Gasteiger partial charge in [-0.3, -0.25) is 9.69 Å². The first-order chi connectivity index (χ1) is 7.59. The van der Waals surface area contributed by atoms with Crippen molar-refractivity contribution >= 4 is 11.9 Å². The second-order valence-corrected chi connectivity index (χ2v) is 4.19. The molecule has 2 atom stereocenters. The summed E-state index contributed by atoms with van der Waals surface area (Å²) >= 11 is 0. The van der Waals surface area contributed by atoms with E-state index in [2.05, 4.69) is 10.6 Å². The van der Waals surface area contributed by atoms with Crippen LogP contribution in [0.15, 0.2) is 0 Å². The molecule has 2 rings (SSSR count). The Morgan fingerprint density at radius 1 is 1.50 bits per heavy atom. The fourth-order valence-electron chi connectivity index (χ4n) is 2.09. The molecular formula is C9H15N3O4. The molecule has 2 aliphatic heterocycles. The number of carbonyl (C=O) groups is 2. The van der Waals surface area contributed by atoms with E-state index in [0.29, 0.717) is 19.5 Å². The molecular weight excluding hydrogens is 214 g/mol. The molecule has 0 aromatic rings. The number of β-amino-alcohol motifs (C(OH)–C–C–N with tert-alkyl or cyclic N) is 1. The van der Waals surface area contributed by atoms with Crippen LogP contribution >= 0.6 is 0 Å². The monoisotopic (exact) mass is 229 g/mol. The van der Waals surface area contributed by atoms with E-state index in [1.165, 1.54) is 0 Å². The Labute approximate surface area is 92.4 Å². The summed E-state index contributed by atoms with van der Waals surface area (Å²) in [6.07, 6.45) is -0.525. The highest BCUT2D eigenvalue weighted by Crippen LogP contribution is 2.24. The minimum absolute atomic E-state index is 0.164. The molecule has 7 nitrogen and oxygen atoms in total. The normalized spacial score (nSPS) is 31.2. The maximum Gasteiger partial charge on any atom is 0.325 e. The number of urea groups is 1. The Morgan fingerprint density at radius 3 is 2.81 bits per heavy atom. The Morgan fingerprint density at radius 2 is 2.25 bits per heavy atom. The Balaban J connectivity index is 2.10. The summed E-state index contributed by atoms with van der Waals surface area (Å²) in [4.78, 5) is 24.5. The lowest BCUT2D eigenvalue weighted by atomic mass is 9.99. The third-order valence-corrected chi connectivity index (χ3v) is 3.01. The van der Waals surface area contributed by atoms with Gasteiger partial charge in [0.05, 0.1) is 19.3 Å². The van der Waals surface area contributed by atoms with Crippen LogP contribution in [0, 0.1) is 0 Å². The van der Waals surface area contributed by atoms with Crippen LogP contribution < -0.4 is 10.6 Å². The largest absolute Gasteiger partial charge is 0.394 e. The number of carbonyl (C=O) groups excluding carboxylic acids is 2. The number of nitrogens with one attached hydrogen (secondary N) is 2. The number of rotatable bonds is 3. The summed E-state index contributed by atoms with van der Waals surface area (Å²) in [5, 5.41) is 23.6. The third-order valence-electron chi connectivity index (χ3n) is 3.01. The van der Waals surface area contributed by atoms with E-state index in [0.717, 1.165) is 4.90 Å². The molecule has 1 spiro atoms. The van der Waals surface area contributed by atoms with Crippen molar-refractivity contribution in [1.82, 2.24) is 15.5 Å². The van der Waals surface area contributed by atoms with Gasteiger partial charge in [-0.05, 0) is 13.0 Å². The average Bonchev–Trinajstić information content (AvgIpc) is 2.81. The first-order valence-electron chi connectivity index (χ1n) is 5.23. The van der Waals surface area contributed by atoms with Crippen LogP contribution in [0.1, 0.15) is 6.42 Å². The van der Waals surface area contributed by atoms with Crippen molar-refractivity contribution in [2.45, 2.75) is 18.1 Å². The zero-order valence-electron chi connectivity index (χ0n) is 8.77. The van der Waals surface area contributed by atoms with E-state index >= 15 is 0 Å². The van der Waals surface area contributed by atoms with Crippen molar-refractivity contribution in [3.8, 4) is 0 Å². The molecule has 2 aliphatic rings. The maximum atomic E-state index is 12.0. The van der Waals surface area contributed by atoms with Gasteiger partial charge in [-0.2, -0.15) is 0 Å². The molecule has 2 heterocycles. The van der Waals surface area contributed by atoms with Gasteiger partial charge in [0.15, 0.2) is 0 Å². The SMILES string of the molecule is O=C1NC2(CCNC2)C(=O)N1CC(O)CO. The zero-order chi connectivity index (χ0) is 11.8. The van der Waals surface area contributed by atoms with E-state index < -0.39 is 24.3 Å². The molecule has 0 saturated carbocycles.